The van der Waals surface area contributed by atoms with Crippen molar-refractivity contribution < 1.29 is 32.5 Å². The molecule has 39 heavy (non-hydrogen) atoms. The van der Waals surface area contributed by atoms with Gasteiger partial charge in [0.1, 0.15) is 12.2 Å². The van der Waals surface area contributed by atoms with E-state index in [0.29, 0.717) is 34.1 Å². The van der Waals surface area contributed by atoms with Gasteiger partial charge in [0.2, 0.25) is 0 Å². The zero-order chi connectivity index (χ0) is 27.8. The number of rotatable bonds is 10. The molecule has 10 nitrogen and oxygen atoms in total. The Labute approximate surface area is 227 Å². The van der Waals surface area contributed by atoms with Crippen LogP contribution in [0.3, 0.4) is 0 Å². The molecule has 3 aromatic rings. The monoisotopic (exact) mass is 568 g/mol. The summed E-state index contributed by atoms with van der Waals surface area (Å²) in [6.07, 6.45) is -3.95. The van der Waals surface area contributed by atoms with Crippen molar-refractivity contribution in [2.75, 3.05) is 24.3 Å². The number of aliphatic hydroxyl groups is 1. The normalized spacial score (nSPS) is 24.4. The highest BCUT2D eigenvalue weighted by molar-refractivity contribution is 7.99. The first-order chi connectivity index (χ1) is 18.6. The molecule has 14 heteroatoms. The minimum atomic E-state index is -4.39. The molecule has 0 bridgehead atoms. The number of nitrogens with zero attached hydrogens (tertiary/aromatic N) is 5. The summed E-state index contributed by atoms with van der Waals surface area (Å²) in [6, 6.07) is 4.70. The highest BCUT2D eigenvalue weighted by atomic mass is 32.2. The van der Waals surface area contributed by atoms with Crippen LogP contribution in [0.15, 0.2) is 29.4 Å². The Morgan fingerprint density at radius 1 is 1.18 bits per heavy atom. The number of nitrogens with one attached hydrogen (secondary N) is 1. The molecule has 2 fully saturated rings. The highest BCUT2D eigenvalue weighted by Gasteiger charge is 2.56. The predicted molar refractivity (Wildman–Crippen MR) is 137 cm³/mol. The second-order valence-electron chi connectivity index (χ2n) is 9.96. The number of fused-ring (bicyclic) bond motifs is 2. The average molecular weight is 569 g/mol. The number of aliphatic hydroxyl groups excluding tert-OH is 1. The second-order valence-corrected chi connectivity index (χ2v) is 11.0. The molecule has 1 saturated heterocycles. The van der Waals surface area contributed by atoms with Crippen LogP contribution in [-0.4, -0.2) is 73.1 Å². The Morgan fingerprint density at radius 2 is 1.92 bits per heavy atom. The standard InChI is InChI=1S/C25H31F3N6O4S/c1-4-11-39-23-30-21(29-13-14-5-7-15(8-6-14)25(26,27)28)18-22(31-23)34(33-32-18)16-12-17(36-10-9-35)20-19(16)37-24(2,3)38-20/h5-8,16-17,19-20,35H,4,9-13H2,1-3H3,(H,29,30,31)/t16-,17+,19?,20?/m0/s1. The van der Waals surface area contributed by atoms with Gasteiger partial charge in [-0.05, 0) is 38.0 Å². The molecule has 1 aliphatic heterocycles. The van der Waals surface area contributed by atoms with E-state index < -0.39 is 17.5 Å². The fourth-order valence-corrected chi connectivity index (χ4v) is 5.62. The quantitative estimate of drug-likeness (QED) is 0.272. The number of hydrogen-bond donors (Lipinski definition) is 2. The lowest BCUT2D eigenvalue weighted by atomic mass is 10.1. The molecule has 1 saturated carbocycles. The molecule has 0 spiro atoms. The van der Waals surface area contributed by atoms with Crippen molar-refractivity contribution in [2.24, 2.45) is 0 Å². The number of alkyl halides is 3. The molecule has 0 radical (unpaired) electrons. The van der Waals surface area contributed by atoms with Crippen molar-refractivity contribution in [3.8, 4) is 0 Å². The first-order valence-electron chi connectivity index (χ1n) is 12.8. The predicted octanol–water partition coefficient (Wildman–Crippen LogP) is 4.20. The molecule has 3 heterocycles. The molecule has 212 valence electrons. The molecular weight excluding hydrogens is 537 g/mol. The van der Waals surface area contributed by atoms with Gasteiger partial charge in [-0.15, -0.1) is 5.10 Å². The smallest absolute Gasteiger partial charge is 0.394 e. The van der Waals surface area contributed by atoms with Crippen molar-refractivity contribution in [2.45, 2.75) is 81.6 Å². The summed E-state index contributed by atoms with van der Waals surface area (Å²) in [4.78, 5) is 9.39. The summed E-state index contributed by atoms with van der Waals surface area (Å²) in [7, 11) is 0. The van der Waals surface area contributed by atoms with E-state index in [2.05, 4.69) is 27.5 Å². The number of thioether (sulfide) groups is 1. The van der Waals surface area contributed by atoms with Crippen LogP contribution in [0.5, 0.6) is 0 Å². The van der Waals surface area contributed by atoms with Crippen LogP contribution >= 0.6 is 11.8 Å². The number of aromatic nitrogens is 5. The zero-order valence-corrected chi connectivity index (χ0v) is 22.6. The summed E-state index contributed by atoms with van der Waals surface area (Å²) in [5.74, 6) is 0.440. The first kappa shape index (κ1) is 28.0. The van der Waals surface area contributed by atoms with E-state index >= 15 is 0 Å². The van der Waals surface area contributed by atoms with E-state index in [9.17, 15) is 18.3 Å². The maximum Gasteiger partial charge on any atom is 0.416 e. The van der Waals surface area contributed by atoms with Crippen LogP contribution in [0.1, 0.15) is 50.8 Å². The molecule has 2 N–H and O–H groups in total. The van der Waals surface area contributed by atoms with E-state index in [-0.39, 0.29) is 44.1 Å². The van der Waals surface area contributed by atoms with Crippen molar-refractivity contribution in [3.05, 3.63) is 35.4 Å². The number of halogens is 3. The summed E-state index contributed by atoms with van der Waals surface area (Å²) < 4.78 is 58.8. The van der Waals surface area contributed by atoms with Gasteiger partial charge in [0.15, 0.2) is 27.9 Å². The number of ether oxygens (including phenoxy) is 3. The lowest BCUT2D eigenvalue weighted by Gasteiger charge is -2.23. The summed E-state index contributed by atoms with van der Waals surface area (Å²) in [5.41, 5.74) is 0.913. The third-order valence-electron chi connectivity index (χ3n) is 6.60. The molecule has 1 aliphatic carbocycles. The van der Waals surface area contributed by atoms with E-state index in [1.807, 2.05) is 13.8 Å². The topological polar surface area (TPSA) is 116 Å². The van der Waals surface area contributed by atoms with Crippen LogP contribution in [0, 0.1) is 0 Å². The zero-order valence-electron chi connectivity index (χ0n) is 21.8. The summed E-state index contributed by atoms with van der Waals surface area (Å²) in [5, 5.41) is 21.8. The third-order valence-corrected chi connectivity index (χ3v) is 7.65. The van der Waals surface area contributed by atoms with Gasteiger partial charge < -0.3 is 24.6 Å². The Hall–Kier alpha value is -2.52. The van der Waals surface area contributed by atoms with Gasteiger partial charge in [-0.25, -0.2) is 14.6 Å². The van der Waals surface area contributed by atoms with Crippen LogP contribution in [0.4, 0.5) is 19.0 Å². The Balaban J connectivity index is 1.45. The van der Waals surface area contributed by atoms with Gasteiger partial charge in [-0.2, -0.15) is 13.2 Å². The Kier molecular flexibility index (Phi) is 8.02. The van der Waals surface area contributed by atoms with Gasteiger partial charge in [0, 0.05) is 18.7 Å². The van der Waals surface area contributed by atoms with E-state index in [1.165, 1.54) is 23.9 Å². The molecule has 2 unspecified atom stereocenters. The van der Waals surface area contributed by atoms with Crippen molar-refractivity contribution in [1.82, 2.24) is 25.0 Å². The van der Waals surface area contributed by atoms with Crippen LogP contribution in [0.2, 0.25) is 0 Å². The van der Waals surface area contributed by atoms with Crippen molar-refractivity contribution in [1.29, 1.82) is 0 Å². The fraction of sp³-hybridized carbons (Fsp3) is 0.600. The van der Waals surface area contributed by atoms with Crippen LogP contribution in [0.25, 0.3) is 11.2 Å². The van der Waals surface area contributed by atoms with Crippen molar-refractivity contribution >= 4 is 28.7 Å². The minimum absolute atomic E-state index is 0.103. The van der Waals surface area contributed by atoms with Gasteiger partial charge >= 0.3 is 6.18 Å². The SMILES string of the molecule is CCCSc1nc(NCc2ccc(C(F)(F)F)cc2)c2nnn([C@H]3C[C@@H](OCCO)C4OC(C)(C)OC43)c2n1. The van der Waals surface area contributed by atoms with Gasteiger partial charge in [0.25, 0.3) is 0 Å². The number of hydrogen-bond acceptors (Lipinski definition) is 10. The van der Waals surface area contributed by atoms with E-state index in [1.54, 1.807) is 4.68 Å². The maximum atomic E-state index is 12.9. The van der Waals surface area contributed by atoms with E-state index in [0.717, 1.165) is 24.3 Å². The van der Waals surface area contributed by atoms with Gasteiger partial charge in [0.05, 0.1) is 30.9 Å². The molecular formula is C25H31F3N6O4S. The first-order valence-corrected chi connectivity index (χ1v) is 13.8. The Morgan fingerprint density at radius 3 is 2.62 bits per heavy atom. The van der Waals surface area contributed by atoms with Gasteiger partial charge in [-0.3, -0.25) is 0 Å². The molecule has 1 aromatic carbocycles. The average Bonchev–Trinajstić information content (AvgIpc) is 3.55. The number of anilines is 1. The lowest BCUT2D eigenvalue weighted by Crippen LogP contribution is -2.31. The van der Waals surface area contributed by atoms with Crippen molar-refractivity contribution in [3.63, 3.8) is 0 Å². The molecule has 4 atom stereocenters. The number of benzene rings is 1. The summed E-state index contributed by atoms with van der Waals surface area (Å²) in [6.45, 7) is 6.07. The lowest BCUT2D eigenvalue weighted by molar-refractivity contribution is -0.171. The third kappa shape index (κ3) is 5.99. The molecule has 2 aliphatic rings. The Bertz CT molecular complexity index is 1290. The van der Waals surface area contributed by atoms with Crippen LogP contribution < -0.4 is 5.32 Å². The second kappa shape index (κ2) is 11.2. The minimum Gasteiger partial charge on any atom is -0.394 e. The van der Waals surface area contributed by atoms with Gasteiger partial charge in [-0.1, -0.05) is 36.0 Å². The van der Waals surface area contributed by atoms with E-state index in [4.69, 9.17) is 19.2 Å². The highest BCUT2D eigenvalue weighted by Crippen LogP contribution is 2.45. The molecule has 2 aromatic heterocycles. The summed E-state index contributed by atoms with van der Waals surface area (Å²) >= 11 is 1.50. The van der Waals surface area contributed by atoms with Crippen LogP contribution in [-0.2, 0) is 26.9 Å². The maximum absolute atomic E-state index is 12.9. The largest absolute Gasteiger partial charge is 0.416 e. The fourth-order valence-electron chi connectivity index (χ4n) is 4.93. The molecule has 0 amide bonds. The molecule has 5 rings (SSSR count).